The highest BCUT2D eigenvalue weighted by atomic mass is 32.2. The van der Waals surface area contributed by atoms with E-state index in [4.69, 9.17) is 4.55 Å². The molecule has 5 heteroatoms. The lowest BCUT2D eigenvalue weighted by atomic mass is 10.3. The van der Waals surface area contributed by atoms with Crippen LogP contribution in [0.3, 0.4) is 0 Å². The van der Waals surface area contributed by atoms with E-state index in [1.54, 1.807) is 0 Å². The first kappa shape index (κ1) is 10.3. The minimum atomic E-state index is -3.74. The summed E-state index contributed by atoms with van der Waals surface area (Å²) in [6.07, 6.45) is 2.14. The molecule has 1 radical (unpaired) electrons. The van der Waals surface area contributed by atoms with Gasteiger partial charge >= 0.3 is 0 Å². The minimum absolute atomic E-state index is 0.137. The van der Waals surface area contributed by atoms with Crippen molar-refractivity contribution in [2.75, 3.05) is 11.5 Å². The smallest absolute Gasteiger partial charge is 0.264 e. The number of rotatable bonds is 5. The van der Waals surface area contributed by atoms with Gasteiger partial charge in [0.2, 0.25) is 0 Å². The van der Waals surface area contributed by atoms with Crippen LogP contribution >= 0.6 is 12.6 Å². The molecule has 0 rings (SSSR count). The number of hydrogen-bond donors (Lipinski definition) is 1. The van der Waals surface area contributed by atoms with Crippen LogP contribution in [0.15, 0.2) is 0 Å². The molecule has 0 heterocycles. The van der Waals surface area contributed by atoms with Crippen molar-refractivity contribution >= 4 is 22.7 Å². The number of unbranched alkanes of at least 4 members (excludes halogenated alkanes) is 2. The average Bonchev–Trinajstić information content (AvgIpc) is 1.78. The largest absolute Gasteiger partial charge is 0.286 e. The Kier molecular flexibility index (Phi) is 5.11. The number of hydrogen-bond acceptors (Lipinski definition) is 2. The molecule has 0 spiro atoms. The zero-order valence-electron chi connectivity index (χ0n) is 5.62. The zero-order chi connectivity index (χ0) is 8.04. The Labute approximate surface area is 67.0 Å². The van der Waals surface area contributed by atoms with Gasteiger partial charge in [0.15, 0.2) is 0 Å². The fourth-order valence-corrected chi connectivity index (χ4v) is 1.34. The van der Waals surface area contributed by atoms with Gasteiger partial charge < -0.3 is 0 Å². The van der Waals surface area contributed by atoms with Crippen LogP contribution in [-0.4, -0.2) is 24.5 Å². The SMILES string of the molecule is O=S(=O)(O)CCCCC[S]. The summed E-state index contributed by atoms with van der Waals surface area (Å²) in [4.78, 5) is 0. The summed E-state index contributed by atoms with van der Waals surface area (Å²) in [6, 6.07) is 0. The molecule has 0 aliphatic carbocycles. The molecule has 1 N–H and O–H groups in total. The molecule has 0 atom stereocenters. The van der Waals surface area contributed by atoms with Crippen molar-refractivity contribution < 1.29 is 13.0 Å². The van der Waals surface area contributed by atoms with Gasteiger partial charge in [-0.3, -0.25) is 4.55 Å². The van der Waals surface area contributed by atoms with E-state index in [1.807, 2.05) is 0 Å². The van der Waals surface area contributed by atoms with Crippen molar-refractivity contribution in [3.8, 4) is 0 Å². The predicted octanol–water partition coefficient (Wildman–Crippen LogP) is 1.24. The van der Waals surface area contributed by atoms with Crippen molar-refractivity contribution in [1.82, 2.24) is 0 Å². The van der Waals surface area contributed by atoms with Gasteiger partial charge in [-0.15, -0.1) is 0 Å². The van der Waals surface area contributed by atoms with Crippen LogP contribution in [0, 0.1) is 0 Å². The first-order valence-electron chi connectivity index (χ1n) is 3.09. The van der Waals surface area contributed by atoms with E-state index in [0.29, 0.717) is 12.2 Å². The summed E-state index contributed by atoms with van der Waals surface area (Å²) in [6.45, 7) is 0. The van der Waals surface area contributed by atoms with E-state index in [0.717, 1.165) is 12.8 Å². The van der Waals surface area contributed by atoms with Crippen LogP contribution < -0.4 is 0 Å². The van der Waals surface area contributed by atoms with Gasteiger partial charge in [-0.1, -0.05) is 19.0 Å². The molecule has 0 saturated heterocycles. The van der Waals surface area contributed by atoms with E-state index in [1.165, 1.54) is 0 Å². The van der Waals surface area contributed by atoms with Crippen LogP contribution in [0.4, 0.5) is 0 Å². The Morgan fingerprint density at radius 2 is 1.80 bits per heavy atom. The lowest BCUT2D eigenvalue weighted by Crippen LogP contribution is -2.03. The first-order chi connectivity index (χ1) is 4.56. The van der Waals surface area contributed by atoms with Crippen molar-refractivity contribution in [3.63, 3.8) is 0 Å². The molecule has 0 fully saturated rings. The second-order valence-corrected chi connectivity index (χ2v) is 4.03. The lowest BCUT2D eigenvalue weighted by Gasteiger charge is -1.94. The van der Waals surface area contributed by atoms with Crippen LogP contribution in [0.1, 0.15) is 19.3 Å². The summed E-state index contributed by atoms with van der Waals surface area (Å²) in [5.41, 5.74) is 0. The monoisotopic (exact) mass is 183 g/mol. The fraction of sp³-hybridized carbons (Fsp3) is 1.00. The maximum Gasteiger partial charge on any atom is 0.264 e. The Hall–Kier alpha value is 0.260. The molecule has 0 unspecified atom stereocenters. The maximum atomic E-state index is 10.1. The van der Waals surface area contributed by atoms with Crippen LogP contribution in [0.2, 0.25) is 0 Å². The zero-order valence-corrected chi connectivity index (χ0v) is 7.25. The van der Waals surface area contributed by atoms with Crippen molar-refractivity contribution in [3.05, 3.63) is 0 Å². The molecule has 0 aliphatic heterocycles. The highest BCUT2D eigenvalue weighted by Gasteiger charge is 2.01. The van der Waals surface area contributed by atoms with Gasteiger partial charge in [0.05, 0.1) is 5.75 Å². The maximum absolute atomic E-state index is 10.1. The van der Waals surface area contributed by atoms with E-state index >= 15 is 0 Å². The van der Waals surface area contributed by atoms with Gasteiger partial charge in [0.25, 0.3) is 10.1 Å². The molecule has 61 valence electrons. The minimum Gasteiger partial charge on any atom is -0.286 e. The highest BCUT2D eigenvalue weighted by Crippen LogP contribution is 1.98. The van der Waals surface area contributed by atoms with E-state index in [-0.39, 0.29) is 5.75 Å². The molecule has 0 amide bonds. The second kappa shape index (κ2) is 4.98. The summed E-state index contributed by atoms with van der Waals surface area (Å²) < 4.78 is 28.5. The average molecular weight is 183 g/mol. The Balaban J connectivity index is 3.21. The van der Waals surface area contributed by atoms with Gasteiger partial charge in [-0.2, -0.15) is 8.42 Å². The van der Waals surface area contributed by atoms with E-state index in [9.17, 15) is 8.42 Å². The summed E-state index contributed by atoms with van der Waals surface area (Å²) in [5, 5.41) is 0. The standard InChI is InChI=1S/C5H11O3S2/c6-10(7,8)5-3-1-2-4-9/h1-5H2,(H,6,7,8). The molecular formula is C5H11O3S2. The molecule has 0 aliphatic rings. The van der Waals surface area contributed by atoms with Gasteiger partial charge in [-0.25, -0.2) is 0 Å². The van der Waals surface area contributed by atoms with Gasteiger partial charge in [-0.05, 0) is 12.8 Å². The normalized spacial score (nSPS) is 11.8. The molecule has 0 bridgehead atoms. The molecule has 0 aromatic carbocycles. The van der Waals surface area contributed by atoms with Crippen molar-refractivity contribution in [2.24, 2.45) is 0 Å². The Morgan fingerprint density at radius 1 is 1.20 bits per heavy atom. The van der Waals surface area contributed by atoms with Crippen molar-refractivity contribution in [2.45, 2.75) is 19.3 Å². The van der Waals surface area contributed by atoms with Crippen molar-refractivity contribution in [1.29, 1.82) is 0 Å². The van der Waals surface area contributed by atoms with Crippen LogP contribution in [0.25, 0.3) is 0 Å². The van der Waals surface area contributed by atoms with E-state index < -0.39 is 10.1 Å². The third-order valence-electron chi connectivity index (χ3n) is 1.05. The predicted molar refractivity (Wildman–Crippen MR) is 42.7 cm³/mol. The topological polar surface area (TPSA) is 54.4 Å². The molecule has 10 heavy (non-hydrogen) atoms. The lowest BCUT2D eigenvalue weighted by molar-refractivity contribution is 0.480. The molecule has 0 saturated carbocycles. The molecular weight excluding hydrogens is 172 g/mol. The summed E-state index contributed by atoms with van der Waals surface area (Å²) >= 11 is 4.65. The highest BCUT2D eigenvalue weighted by molar-refractivity contribution is 7.85. The molecule has 0 aromatic rings. The van der Waals surface area contributed by atoms with Crippen LogP contribution in [0.5, 0.6) is 0 Å². The van der Waals surface area contributed by atoms with Gasteiger partial charge in [0.1, 0.15) is 0 Å². The fourth-order valence-electron chi connectivity index (χ4n) is 0.563. The second-order valence-electron chi connectivity index (χ2n) is 2.05. The van der Waals surface area contributed by atoms with Crippen LogP contribution in [-0.2, 0) is 10.1 Å². The first-order valence-corrected chi connectivity index (χ1v) is 5.28. The summed E-state index contributed by atoms with van der Waals surface area (Å²) in [7, 11) is -3.74. The molecule has 3 nitrogen and oxygen atoms in total. The van der Waals surface area contributed by atoms with Gasteiger partial charge in [0, 0.05) is 5.75 Å². The Bertz CT molecular complexity index is 162. The third kappa shape index (κ3) is 8.26. The van der Waals surface area contributed by atoms with E-state index in [2.05, 4.69) is 12.6 Å². The Morgan fingerprint density at radius 3 is 2.20 bits per heavy atom. The summed E-state index contributed by atoms with van der Waals surface area (Å²) in [5.74, 6) is 0.522. The third-order valence-corrected chi connectivity index (χ3v) is 2.14. The molecule has 0 aromatic heterocycles. The quantitative estimate of drug-likeness (QED) is 0.515.